The molecule has 0 aliphatic heterocycles. The molecule has 1 amide bonds. The van der Waals surface area contributed by atoms with Crippen LogP contribution in [0.25, 0.3) is 15.9 Å². The maximum absolute atomic E-state index is 13.4. The summed E-state index contributed by atoms with van der Waals surface area (Å²) in [6, 6.07) is 5.93. The van der Waals surface area contributed by atoms with E-state index in [1.165, 1.54) is 23.1 Å². The van der Waals surface area contributed by atoms with Gasteiger partial charge in [-0.1, -0.05) is 35.4 Å². The van der Waals surface area contributed by atoms with Crippen molar-refractivity contribution in [3.8, 4) is 18.0 Å². The van der Waals surface area contributed by atoms with E-state index in [4.69, 9.17) is 11.4 Å². The molecule has 7 heteroatoms. The van der Waals surface area contributed by atoms with Gasteiger partial charge in [-0.25, -0.2) is 4.98 Å². The summed E-state index contributed by atoms with van der Waals surface area (Å²) in [6.45, 7) is 8.10. The number of nitrogens with zero attached hydrogens (tertiary/aromatic N) is 2. The van der Waals surface area contributed by atoms with Gasteiger partial charge in [-0.2, -0.15) is 0 Å². The van der Waals surface area contributed by atoms with E-state index in [9.17, 15) is 9.59 Å². The summed E-state index contributed by atoms with van der Waals surface area (Å²) >= 11 is 2.74. The van der Waals surface area contributed by atoms with Crippen LogP contribution < -0.4 is 10.9 Å². The zero-order valence-corrected chi connectivity index (χ0v) is 17.9. The van der Waals surface area contributed by atoms with Crippen molar-refractivity contribution >= 4 is 39.2 Å². The maximum Gasteiger partial charge on any atom is 0.267 e. The van der Waals surface area contributed by atoms with Crippen LogP contribution in [-0.4, -0.2) is 27.8 Å². The molecule has 2 heterocycles. The molecule has 3 rings (SSSR count). The topological polar surface area (TPSA) is 64.0 Å². The van der Waals surface area contributed by atoms with E-state index >= 15 is 0 Å². The van der Waals surface area contributed by atoms with Gasteiger partial charge >= 0.3 is 0 Å². The van der Waals surface area contributed by atoms with E-state index in [0.717, 1.165) is 27.3 Å². The average molecular weight is 412 g/mol. The number of thiophene rings is 1. The van der Waals surface area contributed by atoms with Gasteiger partial charge in [0, 0.05) is 4.88 Å². The minimum absolute atomic E-state index is 0.106. The van der Waals surface area contributed by atoms with Gasteiger partial charge in [-0.15, -0.1) is 17.8 Å². The fourth-order valence-corrected chi connectivity index (χ4v) is 4.88. The second-order valence-electron chi connectivity index (χ2n) is 6.56. The largest absolute Gasteiger partial charge is 0.344 e. The molecule has 0 saturated heterocycles. The van der Waals surface area contributed by atoms with Crippen LogP contribution in [0.1, 0.15) is 21.6 Å². The average Bonchev–Trinajstić information content (AvgIpc) is 2.93. The number of terminal acetylenes is 1. The molecule has 1 N–H and O–H groups in total. The summed E-state index contributed by atoms with van der Waals surface area (Å²) in [4.78, 5) is 31.9. The van der Waals surface area contributed by atoms with E-state index in [2.05, 4.69) is 11.2 Å². The SMILES string of the molecule is C#CCNC(=O)CSc1nc2sc(C)c(C)c2c(=O)n1-c1ccc(C)cc1C. The molecule has 0 bridgehead atoms. The molecule has 0 saturated carbocycles. The first-order valence-electron chi connectivity index (χ1n) is 8.76. The van der Waals surface area contributed by atoms with Crippen LogP contribution >= 0.6 is 23.1 Å². The number of nitrogens with one attached hydrogen (secondary N) is 1. The summed E-state index contributed by atoms with van der Waals surface area (Å²) < 4.78 is 1.62. The zero-order chi connectivity index (χ0) is 20.4. The number of hydrogen-bond donors (Lipinski definition) is 1. The molecule has 0 aliphatic rings. The second kappa shape index (κ2) is 8.21. The fraction of sp³-hybridized carbons (Fsp3) is 0.286. The van der Waals surface area contributed by atoms with Crippen LogP contribution in [-0.2, 0) is 4.79 Å². The number of carbonyl (C=O) groups excluding carboxylic acids is 1. The van der Waals surface area contributed by atoms with Crippen LogP contribution in [0.5, 0.6) is 0 Å². The third-order valence-corrected chi connectivity index (χ3v) is 6.53. The zero-order valence-electron chi connectivity index (χ0n) is 16.3. The monoisotopic (exact) mass is 411 g/mol. The van der Waals surface area contributed by atoms with Gasteiger partial charge in [0.1, 0.15) is 4.83 Å². The van der Waals surface area contributed by atoms with Crippen molar-refractivity contribution in [3.05, 3.63) is 50.1 Å². The van der Waals surface area contributed by atoms with Crippen molar-refractivity contribution in [3.63, 3.8) is 0 Å². The van der Waals surface area contributed by atoms with Crippen molar-refractivity contribution < 1.29 is 4.79 Å². The molecule has 0 atom stereocenters. The summed E-state index contributed by atoms with van der Waals surface area (Å²) in [7, 11) is 0. The number of amides is 1. The summed E-state index contributed by atoms with van der Waals surface area (Å²) in [5.74, 6) is 2.32. The van der Waals surface area contributed by atoms with Crippen molar-refractivity contribution in [2.45, 2.75) is 32.9 Å². The number of benzene rings is 1. The van der Waals surface area contributed by atoms with Gasteiger partial charge in [0.2, 0.25) is 5.91 Å². The predicted molar refractivity (Wildman–Crippen MR) is 117 cm³/mol. The first-order chi connectivity index (χ1) is 13.3. The maximum atomic E-state index is 13.4. The normalized spacial score (nSPS) is 10.8. The van der Waals surface area contributed by atoms with Crippen LogP contribution in [0, 0.1) is 40.0 Å². The molecule has 0 radical (unpaired) electrons. The van der Waals surface area contributed by atoms with Crippen LogP contribution in [0.3, 0.4) is 0 Å². The number of rotatable bonds is 5. The molecular weight excluding hydrogens is 390 g/mol. The molecule has 0 fully saturated rings. The molecule has 3 aromatic rings. The quantitative estimate of drug-likeness (QED) is 0.396. The Morgan fingerprint density at radius 1 is 1.32 bits per heavy atom. The lowest BCUT2D eigenvalue weighted by molar-refractivity contribution is -0.118. The van der Waals surface area contributed by atoms with Gasteiger partial charge in [0.15, 0.2) is 5.16 Å². The summed E-state index contributed by atoms with van der Waals surface area (Å²) in [6.07, 6.45) is 5.18. The number of thioether (sulfide) groups is 1. The van der Waals surface area contributed by atoms with E-state index in [0.29, 0.717) is 15.4 Å². The molecule has 5 nitrogen and oxygen atoms in total. The fourth-order valence-electron chi connectivity index (χ4n) is 2.97. The predicted octanol–water partition coefficient (Wildman–Crippen LogP) is 3.52. The lowest BCUT2D eigenvalue weighted by atomic mass is 10.1. The van der Waals surface area contributed by atoms with Crippen molar-refractivity contribution in [1.29, 1.82) is 0 Å². The molecule has 0 aliphatic carbocycles. The highest BCUT2D eigenvalue weighted by Crippen LogP contribution is 2.30. The van der Waals surface area contributed by atoms with E-state index in [1.807, 2.05) is 45.9 Å². The lowest BCUT2D eigenvalue weighted by Gasteiger charge is -2.15. The highest BCUT2D eigenvalue weighted by molar-refractivity contribution is 7.99. The Balaban J connectivity index is 2.16. The molecule has 28 heavy (non-hydrogen) atoms. The number of hydrogen-bond acceptors (Lipinski definition) is 5. The van der Waals surface area contributed by atoms with E-state index < -0.39 is 0 Å². The minimum atomic E-state index is -0.192. The van der Waals surface area contributed by atoms with Gasteiger partial charge < -0.3 is 5.32 Å². The van der Waals surface area contributed by atoms with Crippen LogP contribution in [0.2, 0.25) is 0 Å². The smallest absolute Gasteiger partial charge is 0.267 e. The Labute approximate surface area is 172 Å². The molecule has 2 aromatic heterocycles. The highest BCUT2D eigenvalue weighted by atomic mass is 32.2. The highest BCUT2D eigenvalue weighted by Gasteiger charge is 2.19. The van der Waals surface area contributed by atoms with E-state index in [-0.39, 0.29) is 23.8 Å². The third kappa shape index (κ3) is 3.84. The van der Waals surface area contributed by atoms with Crippen molar-refractivity contribution in [2.75, 3.05) is 12.3 Å². The first-order valence-corrected chi connectivity index (χ1v) is 10.6. The molecule has 144 valence electrons. The van der Waals surface area contributed by atoms with Crippen LogP contribution in [0.15, 0.2) is 28.2 Å². The van der Waals surface area contributed by atoms with Gasteiger partial charge in [-0.3, -0.25) is 14.2 Å². The van der Waals surface area contributed by atoms with E-state index in [1.54, 1.807) is 4.57 Å². The van der Waals surface area contributed by atoms with Gasteiger partial charge in [-0.05, 0) is 44.9 Å². The summed E-state index contributed by atoms with van der Waals surface area (Å²) in [5, 5.41) is 3.78. The minimum Gasteiger partial charge on any atom is -0.344 e. The number of aryl methyl sites for hydroxylation is 4. The van der Waals surface area contributed by atoms with Crippen molar-refractivity contribution in [1.82, 2.24) is 14.9 Å². The Kier molecular flexibility index (Phi) is 5.92. The number of carbonyl (C=O) groups is 1. The Bertz CT molecular complexity index is 1170. The molecule has 1 aromatic carbocycles. The third-order valence-electron chi connectivity index (χ3n) is 4.49. The molecule has 0 unspecified atom stereocenters. The molecular formula is C21H21N3O2S2. The summed E-state index contributed by atoms with van der Waals surface area (Å²) in [5.41, 5.74) is 3.73. The molecule has 0 spiro atoms. The van der Waals surface area contributed by atoms with Crippen LogP contribution in [0.4, 0.5) is 0 Å². The van der Waals surface area contributed by atoms with Gasteiger partial charge in [0.05, 0.1) is 23.4 Å². The van der Waals surface area contributed by atoms with Gasteiger partial charge in [0.25, 0.3) is 5.56 Å². The number of aromatic nitrogens is 2. The Morgan fingerprint density at radius 2 is 2.07 bits per heavy atom. The standard InChI is InChI=1S/C21H21N3O2S2/c1-6-9-22-17(25)11-27-21-23-19-18(14(4)15(5)28-19)20(26)24(21)16-8-7-12(2)10-13(16)3/h1,7-8,10H,9,11H2,2-5H3,(H,22,25). The van der Waals surface area contributed by atoms with Crippen molar-refractivity contribution in [2.24, 2.45) is 0 Å². The first kappa shape index (κ1) is 20.2. The Hall–Kier alpha value is -2.56. The Morgan fingerprint density at radius 3 is 2.75 bits per heavy atom. The number of fused-ring (bicyclic) bond motifs is 1. The lowest BCUT2D eigenvalue weighted by Crippen LogP contribution is -2.27. The second-order valence-corrected chi connectivity index (χ2v) is 8.70.